The predicted molar refractivity (Wildman–Crippen MR) is 52.5 cm³/mol. The number of carbonyl (C=O) groups excluding carboxylic acids is 1. The molecular formula is C10H14N2O. The van der Waals surface area contributed by atoms with Crippen molar-refractivity contribution in [1.82, 2.24) is 5.32 Å². The van der Waals surface area contributed by atoms with Crippen molar-refractivity contribution >= 4 is 5.91 Å². The van der Waals surface area contributed by atoms with Gasteiger partial charge in [0.15, 0.2) is 0 Å². The molecule has 0 spiro atoms. The molecule has 3 nitrogen and oxygen atoms in total. The van der Waals surface area contributed by atoms with Gasteiger partial charge in [0.2, 0.25) is 5.91 Å². The van der Waals surface area contributed by atoms with Crippen LogP contribution in [0.4, 0.5) is 0 Å². The molecule has 13 heavy (non-hydrogen) atoms. The van der Waals surface area contributed by atoms with Gasteiger partial charge in [-0.3, -0.25) is 4.79 Å². The van der Waals surface area contributed by atoms with Crippen molar-refractivity contribution in [2.45, 2.75) is 31.8 Å². The van der Waals surface area contributed by atoms with Crippen molar-refractivity contribution in [3.05, 3.63) is 0 Å². The van der Waals surface area contributed by atoms with Crippen molar-refractivity contribution in [3.8, 4) is 24.7 Å². The van der Waals surface area contributed by atoms with Crippen LogP contribution in [0.1, 0.15) is 20.3 Å². The van der Waals surface area contributed by atoms with Gasteiger partial charge in [-0.05, 0) is 13.8 Å². The van der Waals surface area contributed by atoms with Crippen LogP contribution in [0.2, 0.25) is 0 Å². The number of rotatable bonds is 3. The molecule has 70 valence electrons. The van der Waals surface area contributed by atoms with E-state index in [-0.39, 0.29) is 12.3 Å². The Morgan fingerprint density at radius 2 is 2.15 bits per heavy atom. The molecule has 0 saturated heterocycles. The second-order valence-electron chi connectivity index (χ2n) is 3.27. The molecule has 0 aromatic rings. The molecule has 0 aliphatic heterocycles. The van der Waals surface area contributed by atoms with Crippen LogP contribution < -0.4 is 11.1 Å². The maximum absolute atomic E-state index is 11.3. The van der Waals surface area contributed by atoms with Gasteiger partial charge < -0.3 is 11.1 Å². The SMILES string of the molecule is C#CCC(N)C(=O)NC(C)(C)C#C. The summed E-state index contributed by atoms with van der Waals surface area (Å²) in [5.41, 5.74) is 4.79. The molecule has 0 aromatic heterocycles. The van der Waals surface area contributed by atoms with Crippen LogP contribution in [0.3, 0.4) is 0 Å². The lowest BCUT2D eigenvalue weighted by atomic mass is 10.1. The first-order valence-corrected chi connectivity index (χ1v) is 3.92. The highest BCUT2D eigenvalue weighted by Gasteiger charge is 2.20. The maximum atomic E-state index is 11.3. The van der Waals surface area contributed by atoms with Gasteiger partial charge in [-0.25, -0.2) is 0 Å². The number of nitrogens with two attached hydrogens (primary N) is 1. The number of hydrogen-bond acceptors (Lipinski definition) is 2. The summed E-state index contributed by atoms with van der Waals surface area (Å²) in [6.45, 7) is 3.43. The summed E-state index contributed by atoms with van der Waals surface area (Å²) in [6.07, 6.45) is 10.4. The summed E-state index contributed by atoms with van der Waals surface area (Å²) >= 11 is 0. The molecule has 0 rings (SSSR count). The number of amides is 1. The summed E-state index contributed by atoms with van der Waals surface area (Å²) < 4.78 is 0. The number of terminal acetylenes is 2. The van der Waals surface area contributed by atoms with Crippen LogP contribution in [0.15, 0.2) is 0 Å². The number of hydrogen-bond donors (Lipinski definition) is 2. The van der Waals surface area contributed by atoms with Gasteiger partial charge in [-0.15, -0.1) is 18.8 Å². The van der Waals surface area contributed by atoms with E-state index in [2.05, 4.69) is 17.2 Å². The minimum atomic E-state index is -0.683. The average molecular weight is 178 g/mol. The molecule has 0 radical (unpaired) electrons. The Kier molecular flexibility index (Phi) is 4.04. The molecule has 0 saturated carbocycles. The van der Waals surface area contributed by atoms with Crippen molar-refractivity contribution in [1.29, 1.82) is 0 Å². The highest BCUT2D eigenvalue weighted by molar-refractivity contribution is 5.82. The van der Waals surface area contributed by atoms with E-state index in [1.165, 1.54) is 0 Å². The van der Waals surface area contributed by atoms with Gasteiger partial charge in [-0.2, -0.15) is 0 Å². The van der Waals surface area contributed by atoms with Gasteiger partial charge >= 0.3 is 0 Å². The lowest BCUT2D eigenvalue weighted by molar-refractivity contribution is -0.123. The highest BCUT2D eigenvalue weighted by atomic mass is 16.2. The zero-order valence-corrected chi connectivity index (χ0v) is 7.92. The first-order valence-electron chi connectivity index (χ1n) is 3.92. The van der Waals surface area contributed by atoms with Gasteiger partial charge in [0.1, 0.15) is 0 Å². The van der Waals surface area contributed by atoms with Crippen LogP contribution in [0, 0.1) is 24.7 Å². The summed E-state index contributed by atoms with van der Waals surface area (Å²) in [5.74, 6) is 4.43. The quantitative estimate of drug-likeness (QED) is 0.591. The summed E-state index contributed by atoms with van der Waals surface area (Å²) in [4.78, 5) is 11.3. The molecule has 0 bridgehead atoms. The topological polar surface area (TPSA) is 55.1 Å². The minimum absolute atomic E-state index is 0.215. The Balaban J connectivity index is 4.19. The van der Waals surface area contributed by atoms with Crippen LogP contribution in [-0.4, -0.2) is 17.5 Å². The van der Waals surface area contributed by atoms with E-state index in [1.807, 2.05) is 0 Å². The standard InChI is InChI=1S/C10H14N2O/c1-5-7-8(11)9(13)12-10(3,4)6-2/h1-2,8H,7,11H2,3-4H3,(H,12,13). The predicted octanol–water partition coefficient (Wildman–Crippen LogP) is -0.135. The molecular weight excluding hydrogens is 164 g/mol. The number of carbonyl (C=O) groups is 1. The maximum Gasteiger partial charge on any atom is 0.239 e. The number of nitrogens with one attached hydrogen (secondary N) is 1. The third kappa shape index (κ3) is 4.20. The van der Waals surface area contributed by atoms with Crippen LogP contribution in [0.5, 0.6) is 0 Å². The molecule has 1 atom stereocenters. The van der Waals surface area contributed by atoms with E-state index in [0.717, 1.165) is 0 Å². The molecule has 0 aliphatic rings. The minimum Gasteiger partial charge on any atom is -0.339 e. The molecule has 0 aliphatic carbocycles. The molecule has 3 N–H and O–H groups in total. The van der Waals surface area contributed by atoms with E-state index < -0.39 is 11.6 Å². The van der Waals surface area contributed by atoms with E-state index in [9.17, 15) is 4.79 Å². The van der Waals surface area contributed by atoms with Gasteiger partial charge in [0.05, 0.1) is 11.6 Å². The first-order chi connectivity index (χ1) is 5.93. The molecule has 0 aromatic carbocycles. The first kappa shape index (κ1) is 11.6. The van der Waals surface area contributed by atoms with Gasteiger partial charge in [0.25, 0.3) is 0 Å². The largest absolute Gasteiger partial charge is 0.339 e. The second kappa shape index (κ2) is 4.54. The van der Waals surface area contributed by atoms with E-state index in [4.69, 9.17) is 18.6 Å². The summed E-state index contributed by atoms with van der Waals surface area (Å²) in [7, 11) is 0. The Hall–Kier alpha value is -1.45. The summed E-state index contributed by atoms with van der Waals surface area (Å²) in [5, 5.41) is 2.59. The normalized spacial score (nSPS) is 12.4. The molecule has 1 amide bonds. The lowest BCUT2D eigenvalue weighted by Crippen LogP contribution is -2.49. The second-order valence-corrected chi connectivity index (χ2v) is 3.27. The lowest BCUT2D eigenvalue weighted by Gasteiger charge is -2.21. The molecule has 0 fully saturated rings. The highest BCUT2D eigenvalue weighted by Crippen LogP contribution is 1.99. The van der Waals surface area contributed by atoms with E-state index >= 15 is 0 Å². The van der Waals surface area contributed by atoms with Gasteiger partial charge in [0, 0.05) is 6.42 Å². The monoisotopic (exact) mass is 178 g/mol. The third-order valence-corrected chi connectivity index (χ3v) is 1.47. The fraction of sp³-hybridized carbons (Fsp3) is 0.500. The molecule has 3 heteroatoms. The fourth-order valence-corrected chi connectivity index (χ4v) is 0.656. The molecule has 1 unspecified atom stereocenters. The van der Waals surface area contributed by atoms with Crippen molar-refractivity contribution in [2.24, 2.45) is 5.73 Å². The van der Waals surface area contributed by atoms with E-state index in [1.54, 1.807) is 13.8 Å². The van der Waals surface area contributed by atoms with Crippen LogP contribution in [0.25, 0.3) is 0 Å². The van der Waals surface area contributed by atoms with E-state index in [0.29, 0.717) is 0 Å². The Bertz CT molecular complexity index is 268. The summed E-state index contributed by atoms with van der Waals surface area (Å²) in [6, 6.07) is -0.683. The Morgan fingerprint density at radius 1 is 1.62 bits per heavy atom. The van der Waals surface area contributed by atoms with Crippen molar-refractivity contribution < 1.29 is 4.79 Å². The Morgan fingerprint density at radius 3 is 2.54 bits per heavy atom. The van der Waals surface area contributed by atoms with Gasteiger partial charge in [-0.1, -0.05) is 5.92 Å². The van der Waals surface area contributed by atoms with Crippen molar-refractivity contribution in [3.63, 3.8) is 0 Å². The zero-order valence-electron chi connectivity index (χ0n) is 7.92. The average Bonchev–Trinajstić information content (AvgIpc) is 2.04. The fourth-order valence-electron chi connectivity index (χ4n) is 0.656. The van der Waals surface area contributed by atoms with Crippen LogP contribution in [-0.2, 0) is 4.79 Å². The smallest absolute Gasteiger partial charge is 0.239 e. The molecule has 0 heterocycles. The van der Waals surface area contributed by atoms with Crippen molar-refractivity contribution in [2.75, 3.05) is 0 Å². The third-order valence-electron chi connectivity index (χ3n) is 1.47. The Labute approximate surface area is 79.1 Å². The zero-order chi connectivity index (χ0) is 10.5. The van der Waals surface area contributed by atoms with Crippen LogP contribution >= 0.6 is 0 Å².